The Morgan fingerprint density at radius 2 is 2.05 bits per heavy atom. The molecule has 0 fully saturated rings. The van der Waals surface area contributed by atoms with Gasteiger partial charge in [-0.3, -0.25) is 9.59 Å². The maximum absolute atomic E-state index is 12.0. The van der Waals surface area contributed by atoms with Crippen LogP contribution in [0.3, 0.4) is 0 Å². The van der Waals surface area contributed by atoms with E-state index in [0.717, 1.165) is 6.07 Å². The fourth-order valence-electron chi connectivity index (χ4n) is 1.63. The molecule has 0 saturated heterocycles. The predicted octanol–water partition coefficient (Wildman–Crippen LogP) is 0.479. The molecule has 9 heteroatoms. The maximum Gasteiger partial charge on any atom is 0.303 e. The zero-order valence-electron chi connectivity index (χ0n) is 12.0. The molecule has 0 aliphatic rings. The Labute approximate surface area is 122 Å². The molecule has 3 N–H and O–H groups in total. The van der Waals surface area contributed by atoms with E-state index in [1.165, 1.54) is 14.0 Å². The van der Waals surface area contributed by atoms with Crippen molar-refractivity contribution in [2.45, 2.75) is 37.8 Å². The van der Waals surface area contributed by atoms with Crippen LogP contribution < -0.4 is 10.0 Å². The molecule has 0 spiro atoms. The van der Waals surface area contributed by atoms with Gasteiger partial charge in [0.15, 0.2) is 0 Å². The number of furan rings is 1. The highest BCUT2D eigenvalue weighted by Gasteiger charge is 2.23. The minimum Gasteiger partial charge on any atom is -0.481 e. The van der Waals surface area contributed by atoms with E-state index >= 15 is 0 Å². The summed E-state index contributed by atoms with van der Waals surface area (Å²) in [6.07, 6.45) is 0.213. The van der Waals surface area contributed by atoms with Crippen LogP contribution in [0.2, 0.25) is 0 Å². The van der Waals surface area contributed by atoms with Gasteiger partial charge >= 0.3 is 5.97 Å². The van der Waals surface area contributed by atoms with Crippen LogP contribution in [0.4, 0.5) is 0 Å². The van der Waals surface area contributed by atoms with Gasteiger partial charge in [0.05, 0.1) is 5.56 Å². The van der Waals surface area contributed by atoms with Gasteiger partial charge in [-0.1, -0.05) is 0 Å². The Morgan fingerprint density at radius 1 is 1.43 bits per heavy atom. The van der Waals surface area contributed by atoms with Gasteiger partial charge in [0, 0.05) is 18.5 Å². The van der Waals surface area contributed by atoms with Gasteiger partial charge in [0.25, 0.3) is 15.9 Å². The van der Waals surface area contributed by atoms with E-state index in [9.17, 15) is 18.0 Å². The van der Waals surface area contributed by atoms with Crippen molar-refractivity contribution in [3.05, 3.63) is 17.4 Å². The third-order valence-corrected chi connectivity index (χ3v) is 4.11. The molecule has 1 unspecified atom stereocenters. The fraction of sp³-hybridized carbons (Fsp3) is 0.500. The molecule has 1 amide bonds. The number of sulfonamides is 1. The number of carboxylic acid groups (broad SMARTS) is 1. The van der Waals surface area contributed by atoms with Crippen LogP contribution in [0.15, 0.2) is 15.6 Å². The number of aryl methyl sites for hydroxylation is 1. The highest BCUT2D eigenvalue weighted by Crippen LogP contribution is 2.19. The summed E-state index contributed by atoms with van der Waals surface area (Å²) in [5, 5.41) is 10.8. The molecule has 1 aromatic rings. The van der Waals surface area contributed by atoms with Crippen LogP contribution in [-0.2, 0) is 14.8 Å². The summed E-state index contributed by atoms with van der Waals surface area (Å²) in [7, 11) is -2.52. The first-order chi connectivity index (χ1) is 9.67. The molecule has 0 bridgehead atoms. The van der Waals surface area contributed by atoms with E-state index in [0.29, 0.717) is 0 Å². The number of hydrogen-bond donors (Lipinski definition) is 3. The smallest absolute Gasteiger partial charge is 0.303 e. The molecule has 118 valence electrons. The Morgan fingerprint density at radius 3 is 2.57 bits per heavy atom. The summed E-state index contributed by atoms with van der Waals surface area (Å²) in [6, 6.07) is 0.785. The van der Waals surface area contributed by atoms with Crippen molar-refractivity contribution in [2.75, 3.05) is 7.05 Å². The zero-order chi connectivity index (χ0) is 16.2. The largest absolute Gasteiger partial charge is 0.481 e. The van der Waals surface area contributed by atoms with E-state index in [1.54, 1.807) is 6.92 Å². The molecule has 0 saturated carbocycles. The van der Waals surface area contributed by atoms with Gasteiger partial charge in [0.1, 0.15) is 5.76 Å². The summed E-state index contributed by atoms with van der Waals surface area (Å²) in [5.74, 6) is -1.28. The fourth-order valence-corrected chi connectivity index (χ4v) is 2.34. The van der Waals surface area contributed by atoms with Gasteiger partial charge in [-0.2, -0.15) is 0 Å². The number of rotatable bonds is 7. The summed E-state index contributed by atoms with van der Waals surface area (Å²) in [4.78, 5) is 22.5. The van der Waals surface area contributed by atoms with Crippen LogP contribution in [0.25, 0.3) is 0 Å². The lowest BCUT2D eigenvalue weighted by Crippen LogP contribution is -2.33. The SMILES string of the molecule is CNS(=O)(=O)c1cc(C(=O)NC(C)CCC(=O)O)c(C)o1. The lowest BCUT2D eigenvalue weighted by Gasteiger charge is -2.11. The van der Waals surface area contributed by atoms with E-state index < -0.39 is 21.9 Å². The molecule has 21 heavy (non-hydrogen) atoms. The van der Waals surface area contributed by atoms with Crippen molar-refractivity contribution in [3.63, 3.8) is 0 Å². The second-order valence-electron chi connectivity index (χ2n) is 4.55. The normalized spacial score (nSPS) is 12.9. The second-order valence-corrected chi connectivity index (χ2v) is 6.37. The molecule has 0 radical (unpaired) electrons. The summed E-state index contributed by atoms with van der Waals surface area (Å²) >= 11 is 0. The van der Waals surface area contributed by atoms with Crippen LogP contribution in [0.1, 0.15) is 35.9 Å². The van der Waals surface area contributed by atoms with Crippen molar-refractivity contribution in [1.82, 2.24) is 10.0 Å². The van der Waals surface area contributed by atoms with Gasteiger partial charge in [-0.25, -0.2) is 13.1 Å². The van der Waals surface area contributed by atoms with Gasteiger partial charge in [0.2, 0.25) is 5.09 Å². The molecule has 1 rings (SSSR count). The number of carboxylic acids is 1. The van der Waals surface area contributed by atoms with Crippen molar-refractivity contribution in [1.29, 1.82) is 0 Å². The van der Waals surface area contributed by atoms with Crippen molar-refractivity contribution in [2.24, 2.45) is 0 Å². The number of carbonyl (C=O) groups excluding carboxylic acids is 1. The average Bonchev–Trinajstić information content (AvgIpc) is 2.79. The highest BCUT2D eigenvalue weighted by molar-refractivity contribution is 7.89. The summed E-state index contributed by atoms with van der Waals surface area (Å²) in [5.41, 5.74) is 0.103. The first kappa shape index (κ1) is 17.2. The van der Waals surface area contributed by atoms with Gasteiger partial charge in [-0.15, -0.1) is 0 Å². The summed E-state index contributed by atoms with van der Waals surface area (Å²) < 4.78 is 30.3. The number of aliphatic carboxylic acids is 1. The highest BCUT2D eigenvalue weighted by atomic mass is 32.2. The average molecular weight is 318 g/mol. The number of amides is 1. The topological polar surface area (TPSA) is 126 Å². The molecule has 1 atom stereocenters. The molecule has 0 aliphatic heterocycles. The molecule has 0 aromatic carbocycles. The lowest BCUT2D eigenvalue weighted by atomic mass is 10.1. The quantitative estimate of drug-likeness (QED) is 0.671. The zero-order valence-corrected chi connectivity index (χ0v) is 12.8. The molecule has 8 nitrogen and oxygen atoms in total. The molecule has 1 aromatic heterocycles. The lowest BCUT2D eigenvalue weighted by molar-refractivity contribution is -0.137. The number of hydrogen-bond acceptors (Lipinski definition) is 5. The van der Waals surface area contributed by atoms with E-state index in [-0.39, 0.29) is 35.3 Å². The molecular weight excluding hydrogens is 300 g/mol. The maximum atomic E-state index is 12.0. The van der Waals surface area contributed by atoms with Crippen molar-refractivity contribution in [3.8, 4) is 0 Å². The molecular formula is C12H18N2O6S. The van der Waals surface area contributed by atoms with E-state index in [4.69, 9.17) is 9.52 Å². The monoisotopic (exact) mass is 318 g/mol. The predicted molar refractivity (Wildman–Crippen MR) is 73.5 cm³/mol. The van der Waals surface area contributed by atoms with Crippen LogP contribution >= 0.6 is 0 Å². The van der Waals surface area contributed by atoms with Gasteiger partial charge in [-0.05, 0) is 27.3 Å². The Balaban J connectivity index is 2.82. The van der Waals surface area contributed by atoms with Crippen molar-refractivity contribution < 1.29 is 27.5 Å². The first-order valence-electron chi connectivity index (χ1n) is 6.24. The Hall–Kier alpha value is -1.87. The Kier molecular flexibility index (Phi) is 5.50. The minimum absolute atomic E-state index is 0.0643. The third-order valence-electron chi connectivity index (χ3n) is 2.84. The minimum atomic E-state index is -3.76. The standard InChI is InChI=1S/C12H18N2O6S/c1-7(4-5-10(15)16)14-12(17)9-6-11(20-8(9)2)21(18,19)13-3/h6-7,13H,4-5H2,1-3H3,(H,14,17)(H,15,16). The third kappa shape index (κ3) is 4.57. The number of carbonyl (C=O) groups is 2. The number of nitrogens with one attached hydrogen (secondary N) is 2. The molecule has 0 aliphatic carbocycles. The second kappa shape index (κ2) is 6.72. The molecule has 1 heterocycles. The van der Waals surface area contributed by atoms with Crippen molar-refractivity contribution >= 4 is 21.9 Å². The van der Waals surface area contributed by atoms with E-state index in [2.05, 4.69) is 10.0 Å². The van der Waals surface area contributed by atoms with Crippen LogP contribution in [0.5, 0.6) is 0 Å². The summed E-state index contributed by atoms with van der Waals surface area (Å²) in [6.45, 7) is 3.15. The van der Waals surface area contributed by atoms with Gasteiger partial charge < -0.3 is 14.8 Å². The first-order valence-corrected chi connectivity index (χ1v) is 7.72. The van der Waals surface area contributed by atoms with Crippen LogP contribution in [-0.4, -0.2) is 38.5 Å². The van der Waals surface area contributed by atoms with Crippen LogP contribution in [0, 0.1) is 6.92 Å². The Bertz CT molecular complexity index is 634. The van der Waals surface area contributed by atoms with E-state index in [1.807, 2.05) is 0 Å².